The molecule has 1 unspecified atom stereocenters. The summed E-state index contributed by atoms with van der Waals surface area (Å²) in [5.74, 6) is 0.392. The second-order valence-electron chi connectivity index (χ2n) is 5.24. The lowest BCUT2D eigenvalue weighted by Crippen LogP contribution is -2.35. The smallest absolute Gasteiger partial charge is 0.346 e. The minimum Gasteiger partial charge on any atom is -0.385 e. The van der Waals surface area contributed by atoms with Crippen molar-refractivity contribution in [2.24, 2.45) is 16.6 Å². The Kier molecular flexibility index (Phi) is 4.01. The first-order valence-electron chi connectivity index (χ1n) is 6.42. The monoisotopic (exact) mass is 281 g/mol. The molecule has 0 saturated carbocycles. The quantitative estimate of drug-likeness (QED) is 0.921. The number of benzene rings is 1. The summed E-state index contributed by atoms with van der Waals surface area (Å²) in [6.07, 6.45) is -2.55. The van der Waals surface area contributed by atoms with E-state index >= 15 is 0 Å². The fourth-order valence-electron chi connectivity index (χ4n) is 2.30. The molecule has 2 rings (SSSR count). The van der Waals surface area contributed by atoms with E-state index in [1.54, 1.807) is 12.1 Å². The number of carbonyl (C=O) groups is 1. The van der Waals surface area contributed by atoms with Crippen LogP contribution >= 0.6 is 0 Å². The topological polar surface area (TPSA) is 58.7 Å². The molecule has 20 heavy (non-hydrogen) atoms. The predicted molar refractivity (Wildman–Crippen MR) is 72.7 cm³/mol. The lowest BCUT2D eigenvalue weighted by atomic mass is 10.0. The van der Waals surface area contributed by atoms with E-state index in [0.29, 0.717) is 12.1 Å². The zero-order chi connectivity index (χ0) is 14.9. The second kappa shape index (κ2) is 5.56. The molecule has 0 spiro atoms. The highest BCUT2D eigenvalue weighted by atomic mass is 19.3. The number of alkyl halides is 2. The Morgan fingerprint density at radius 2 is 2.10 bits per heavy atom. The average Bonchev–Trinajstić information content (AvgIpc) is 2.63. The molecule has 2 amide bonds. The fourth-order valence-corrected chi connectivity index (χ4v) is 2.30. The fraction of sp³-hybridized carbons (Fsp3) is 0.429. The number of hydrogen-bond acceptors (Lipinski definition) is 2. The molecule has 0 aromatic heterocycles. The van der Waals surface area contributed by atoms with Gasteiger partial charge in [0.05, 0.1) is 0 Å². The molecule has 6 heteroatoms. The van der Waals surface area contributed by atoms with Crippen LogP contribution < -0.4 is 5.73 Å². The zero-order valence-electron chi connectivity index (χ0n) is 11.4. The Bertz CT molecular complexity index is 543. The number of amides is 2. The van der Waals surface area contributed by atoms with Gasteiger partial charge in [-0.15, -0.1) is 0 Å². The Balaban J connectivity index is 2.35. The highest BCUT2D eigenvalue weighted by Gasteiger charge is 2.35. The van der Waals surface area contributed by atoms with Crippen molar-refractivity contribution in [3.63, 3.8) is 0 Å². The molecule has 0 bridgehead atoms. The number of halogens is 2. The van der Waals surface area contributed by atoms with Gasteiger partial charge in [-0.25, -0.2) is 13.6 Å². The minimum absolute atomic E-state index is 0.0841. The molecule has 0 saturated heterocycles. The summed E-state index contributed by atoms with van der Waals surface area (Å²) in [7, 11) is 0. The summed E-state index contributed by atoms with van der Waals surface area (Å²) in [6.45, 7) is 4.41. The number of amidine groups is 1. The normalized spacial score (nSPS) is 19.1. The molecular weight excluding hydrogens is 264 g/mol. The first-order valence-corrected chi connectivity index (χ1v) is 6.42. The third-order valence-corrected chi connectivity index (χ3v) is 3.10. The van der Waals surface area contributed by atoms with Crippen LogP contribution in [0.1, 0.15) is 37.4 Å². The molecule has 1 aromatic rings. The number of carbonyl (C=O) groups excluding carboxylic acids is 1. The van der Waals surface area contributed by atoms with Gasteiger partial charge in [0.25, 0.3) is 6.43 Å². The van der Waals surface area contributed by atoms with Gasteiger partial charge in [0.1, 0.15) is 11.9 Å². The summed E-state index contributed by atoms with van der Waals surface area (Å²) in [4.78, 5) is 17.1. The van der Waals surface area contributed by atoms with Gasteiger partial charge in [-0.1, -0.05) is 32.0 Å². The molecule has 4 nitrogen and oxygen atoms in total. The van der Waals surface area contributed by atoms with E-state index in [1.165, 1.54) is 17.0 Å². The molecule has 0 fully saturated rings. The number of nitrogens with zero attached hydrogens (tertiary/aromatic N) is 2. The molecule has 0 aliphatic carbocycles. The van der Waals surface area contributed by atoms with Crippen LogP contribution in [0, 0.1) is 5.92 Å². The van der Waals surface area contributed by atoms with E-state index in [4.69, 9.17) is 5.73 Å². The van der Waals surface area contributed by atoms with E-state index in [-0.39, 0.29) is 17.3 Å². The highest BCUT2D eigenvalue weighted by Crippen LogP contribution is 2.30. The molecule has 2 N–H and O–H groups in total. The number of rotatable bonds is 4. The molecule has 1 aliphatic heterocycles. The number of nitrogens with two attached hydrogens (primary N) is 1. The number of urea groups is 1. The van der Waals surface area contributed by atoms with Crippen LogP contribution in [-0.2, 0) is 0 Å². The van der Waals surface area contributed by atoms with Crippen molar-refractivity contribution in [1.82, 2.24) is 4.90 Å². The first-order chi connectivity index (χ1) is 9.40. The van der Waals surface area contributed by atoms with Gasteiger partial charge in [0.2, 0.25) is 0 Å². The second-order valence-corrected chi connectivity index (χ2v) is 5.24. The van der Waals surface area contributed by atoms with Crippen molar-refractivity contribution < 1.29 is 13.6 Å². The van der Waals surface area contributed by atoms with Crippen molar-refractivity contribution in [2.45, 2.75) is 26.3 Å². The van der Waals surface area contributed by atoms with Crippen LogP contribution in [0.4, 0.5) is 13.6 Å². The predicted octanol–water partition coefficient (Wildman–Crippen LogP) is 3.11. The molecule has 1 heterocycles. The Labute approximate surface area is 116 Å². The van der Waals surface area contributed by atoms with Gasteiger partial charge in [-0.2, -0.15) is 4.99 Å². The molecule has 0 radical (unpaired) electrons. The average molecular weight is 281 g/mol. The Morgan fingerprint density at radius 1 is 1.40 bits per heavy atom. The summed E-state index contributed by atoms with van der Waals surface area (Å²) < 4.78 is 25.5. The number of hydrogen-bond donors (Lipinski definition) is 1. The Hall–Kier alpha value is -1.98. The SMILES string of the molecule is CC(C)CN1C(=O)N=C(N)C1c1cccc(C(F)F)c1. The maximum atomic E-state index is 12.8. The molecule has 1 aliphatic rings. The van der Waals surface area contributed by atoms with Crippen LogP contribution in [0.3, 0.4) is 0 Å². The van der Waals surface area contributed by atoms with E-state index in [2.05, 4.69) is 4.99 Å². The summed E-state index contributed by atoms with van der Waals surface area (Å²) in [6, 6.07) is 4.99. The third-order valence-electron chi connectivity index (χ3n) is 3.10. The first kappa shape index (κ1) is 14.4. The van der Waals surface area contributed by atoms with Crippen LogP contribution in [-0.4, -0.2) is 23.3 Å². The third kappa shape index (κ3) is 2.79. The largest absolute Gasteiger partial charge is 0.385 e. The molecular formula is C14H17F2N3O. The molecule has 1 aromatic carbocycles. The van der Waals surface area contributed by atoms with Crippen molar-refractivity contribution in [2.75, 3.05) is 6.54 Å². The van der Waals surface area contributed by atoms with Crippen molar-refractivity contribution >= 4 is 11.9 Å². The summed E-state index contributed by atoms with van der Waals surface area (Å²) in [5, 5.41) is 0. The van der Waals surface area contributed by atoms with Gasteiger partial charge in [-0.3, -0.25) is 0 Å². The highest BCUT2D eigenvalue weighted by molar-refractivity contribution is 6.03. The Morgan fingerprint density at radius 3 is 2.70 bits per heavy atom. The van der Waals surface area contributed by atoms with Gasteiger partial charge in [0, 0.05) is 12.1 Å². The van der Waals surface area contributed by atoms with Crippen molar-refractivity contribution in [3.05, 3.63) is 35.4 Å². The van der Waals surface area contributed by atoms with E-state index in [1.807, 2.05) is 13.8 Å². The van der Waals surface area contributed by atoms with Gasteiger partial charge >= 0.3 is 6.03 Å². The van der Waals surface area contributed by atoms with Crippen molar-refractivity contribution in [3.8, 4) is 0 Å². The van der Waals surface area contributed by atoms with Gasteiger partial charge in [0.15, 0.2) is 0 Å². The zero-order valence-corrected chi connectivity index (χ0v) is 11.4. The van der Waals surface area contributed by atoms with E-state index in [9.17, 15) is 13.6 Å². The summed E-state index contributed by atoms with van der Waals surface area (Å²) in [5.41, 5.74) is 6.27. The van der Waals surface area contributed by atoms with Crippen LogP contribution in [0.2, 0.25) is 0 Å². The number of aliphatic imine (C=N–C) groups is 1. The van der Waals surface area contributed by atoms with Crippen LogP contribution in [0.5, 0.6) is 0 Å². The van der Waals surface area contributed by atoms with E-state index < -0.39 is 18.5 Å². The minimum atomic E-state index is -2.55. The maximum Gasteiger partial charge on any atom is 0.346 e. The lowest BCUT2D eigenvalue weighted by molar-refractivity contribution is 0.151. The van der Waals surface area contributed by atoms with Crippen molar-refractivity contribution in [1.29, 1.82) is 0 Å². The van der Waals surface area contributed by atoms with Gasteiger partial charge in [-0.05, 0) is 17.5 Å². The lowest BCUT2D eigenvalue weighted by Gasteiger charge is -2.26. The van der Waals surface area contributed by atoms with Crippen LogP contribution in [0.15, 0.2) is 29.3 Å². The van der Waals surface area contributed by atoms with Crippen LogP contribution in [0.25, 0.3) is 0 Å². The summed E-state index contributed by atoms with van der Waals surface area (Å²) >= 11 is 0. The maximum absolute atomic E-state index is 12.8. The molecule has 108 valence electrons. The standard InChI is InChI=1S/C14H17F2N3O/c1-8(2)7-19-11(13(17)18-14(19)20)9-4-3-5-10(6-9)12(15)16/h3-6,8,11-12H,7H2,1-2H3,(H2,17,18,20). The van der Waals surface area contributed by atoms with Gasteiger partial charge < -0.3 is 10.6 Å². The molecule has 1 atom stereocenters. The van der Waals surface area contributed by atoms with E-state index in [0.717, 1.165) is 0 Å².